The maximum absolute atomic E-state index is 13.3. The lowest BCUT2D eigenvalue weighted by atomic mass is 10.0. The van der Waals surface area contributed by atoms with Crippen molar-refractivity contribution >= 4 is 34.0 Å². The molecule has 3 aromatic rings. The van der Waals surface area contributed by atoms with E-state index in [0.29, 0.717) is 29.9 Å². The van der Waals surface area contributed by atoms with E-state index in [0.717, 1.165) is 42.4 Å². The SMILES string of the molecule is CCN(CC)C(=O)c1cc(NC(=O)c2ccc3ccccc3c2)ccc1N1CCCCC1. The highest BCUT2D eigenvalue weighted by Gasteiger charge is 2.22. The van der Waals surface area contributed by atoms with Gasteiger partial charge in [0.1, 0.15) is 0 Å². The second-order valence-corrected chi connectivity index (χ2v) is 8.27. The summed E-state index contributed by atoms with van der Waals surface area (Å²) in [5, 5.41) is 5.12. The maximum atomic E-state index is 13.3. The molecule has 1 aliphatic heterocycles. The van der Waals surface area contributed by atoms with Gasteiger partial charge in [0, 0.05) is 43.1 Å². The third-order valence-electron chi connectivity index (χ3n) is 6.24. The first kappa shape index (κ1) is 21.9. The number of hydrogen-bond acceptors (Lipinski definition) is 3. The van der Waals surface area contributed by atoms with Crippen LogP contribution in [0.1, 0.15) is 53.8 Å². The predicted molar refractivity (Wildman–Crippen MR) is 132 cm³/mol. The molecule has 4 rings (SSSR count). The molecule has 5 nitrogen and oxygen atoms in total. The van der Waals surface area contributed by atoms with Gasteiger partial charge in [-0.2, -0.15) is 0 Å². The van der Waals surface area contributed by atoms with Gasteiger partial charge in [-0.3, -0.25) is 9.59 Å². The summed E-state index contributed by atoms with van der Waals surface area (Å²) >= 11 is 0. The minimum atomic E-state index is -0.178. The smallest absolute Gasteiger partial charge is 0.256 e. The summed E-state index contributed by atoms with van der Waals surface area (Å²) in [4.78, 5) is 30.4. The number of piperidine rings is 1. The Morgan fingerprint density at radius 2 is 1.59 bits per heavy atom. The molecule has 32 heavy (non-hydrogen) atoms. The molecule has 0 saturated carbocycles. The molecule has 1 aliphatic rings. The molecule has 1 heterocycles. The van der Waals surface area contributed by atoms with Crippen molar-refractivity contribution in [1.82, 2.24) is 4.90 Å². The molecule has 0 bridgehead atoms. The summed E-state index contributed by atoms with van der Waals surface area (Å²) in [7, 11) is 0. The standard InChI is InChI=1S/C27H31N3O2/c1-3-29(4-2)27(32)24-19-23(14-15-25(24)30-16-8-5-9-17-30)28-26(31)22-13-12-20-10-6-7-11-21(20)18-22/h6-7,10-15,18-19H,3-5,8-9,16-17H2,1-2H3,(H,28,31). The Morgan fingerprint density at radius 3 is 2.31 bits per heavy atom. The molecular weight excluding hydrogens is 398 g/mol. The van der Waals surface area contributed by atoms with Crippen molar-refractivity contribution in [2.24, 2.45) is 0 Å². The first-order valence-electron chi connectivity index (χ1n) is 11.6. The lowest BCUT2D eigenvalue weighted by Crippen LogP contribution is -2.35. The lowest BCUT2D eigenvalue weighted by molar-refractivity contribution is 0.0773. The van der Waals surface area contributed by atoms with Gasteiger partial charge in [0.2, 0.25) is 0 Å². The number of hydrogen-bond donors (Lipinski definition) is 1. The summed E-state index contributed by atoms with van der Waals surface area (Å²) in [6.45, 7) is 7.22. The molecule has 5 heteroatoms. The van der Waals surface area contributed by atoms with Crippen LogP contribution < -0.4 is 10.2 Å². The Bertz CT molecular complexity index is 1110. The van der Waals surface area contributed by atoms with E-state index in [4.69, 9.17) is 0 Å². The quantitative estimate of drug-likeness (QED) is 0.558. The van der Waals surface area contributed by atoms with E-state index < -0.39 is 0 Å². The van der Waals surface area contributed by atoms with Crippen molar-refractivity contribution in [2.45, 2.75) is 33.1 Å². The van der Waals surface area contributed by atoms with E-state index in [-0.39, 0.29) is 11.8 Å². The van der Waals surface area contributed by atoms with Gasteiger partial charge in [-0.05, 0) is 74.2 Å². The van der Waals surface area contributed by atoms with Gasteiger partial charge in [0.05, 0.1) is 5.56 Å². The monoisotopic (exact) mass is 429 g/mol. The Kier molecular flexibility index (Phi) is 6.74. The zero-order valence-electron chi connectivity index (χ0n) is 18.9. The number of fused-ring (bicyclic) bond motifs is 1. The summed E-state index contributed by atoms with van der Waals surface area (Å²) in [5.74, 6) is -0.167. The first-order chi connectivity index (χ1) is 15.6. The maximum Gasteiger partial charge on any atom is 0.256 e. The normalized spacial score (nSPS) is 13.8. The number of carbonyl (C=O) groups excluding carboxylic acids is 2. The third-order valence-corrected chi connectivity index (χ3v) is 6.24. The number of nitrogens with one attached hydrogen (secondary N) is 1. The minimum Gasteiger partial charge on any atom is -0.371 e. The number of nitrogens with zero attached hydrogens (tertiary/aromatic N) is 2. The van der Waals surface area contributed by atoms with Crippen molar-refractivity contribution in [2.75, 3.05) is 36.4 Å². The second kappa shape index (κ2) is 9.86. The molecule has 166 valence electrons. The molecule has 0 aromatic heterocycles. The predicted octanol–water partition coefficient (Wildman–Crippen LogP) is 5.56. The fourth-order valence-corrected chi connectivity index (χ4v) is 4.41. The zero-order chi connectivity index (χ0) is 22.5. The first-order valence-corrected chi connectivity index (χ1v) is 11.6. The van der Waals surface area contributed by atoms with Gasteiger partial charge >= 0.3 is 0 Å². The van der Waals surface area contributed by atoms with Crippen LogP contribution in [0, 0.1) is 0 Å². The molecule has 3 aromatic carbocycles. The Balaban J connectivity index is 1.63. The topological polar surface area (TPSA) is 52.7 Å². The Morgan fingerprint density at radius 1 is 0.875 bits per heavy atom. The van der Waals surface area contributed by atoms with Crippen molar-refractivity contribution in [3.8, 4) is 0 Å². The van der Waals surface area contributed by atoms with E-state index in [9.17, 15) is 9.59 Å². The van der Waals surface area contributed by atoms with Crippen LogP contribution in [0.3, 0.4) is 0 Å². The van der Waals surface area contributed by atoms with Crippen LogP contribution in [0.25, 0.3) is 10.8 Å². The summed E-state index contributed by atoms with van der Waals surface area (Å²) in [6.07, 6.45) is 3.51. The number of anilines is 2. The largest absolute Gasteiger partial charge is 0.371 e. The van der Waals surface area contributed by atoms with Crippen LogP contribution in [0.4, 0.5) is 11.4 Å². The molecule has 0 unspecified atom stereocenters. The summed E-state index contributed by atoms with van der Waals surface area (Å²) < 4.78 is 0. The lowest BCUT2D eigenvalue weighted by Gasteiger charge is -2.31. The summed E-state index contributed by atoms with van der Waals surface area (Å²) in [5.41, 5.74) is 2.86. The number of carbonyl (C=O) groups is 2. The zero-order valence-corrected chi connectivity index (χ0v) is 18.9. The molecule has 1 fully saturated rings. The average Bonchev–Trinajstić information content (AvgIpc) is 2.85. The van der Waals surface area contributed by atoms with Gasteiger partial charge in [-0.25, -0.2) is 0 Å². The van der Waals surface area contributed by atoms with Crippen LogP contribution in [0.15, 0.2) is 60.7 Å². The Hall–Kier alpha value is -3.34. The van der Waals surface area contributed by atoms with Crippen molar-refractivity contribution in [3.05, 3.63) is 71.8 Å². The number of benzene rings is 3. The highest BCUT2D eigenvalue weighted by atomic mass is 16.2. The highest BCUT2D eigenvalue weighted by molar-refractivity contribution is 6.08. The number of rotatable bonds is 6. The molecule has 2 amide bonds. The van der Waals surface area contributed by atoms with Gasteiger partial charge in [-0.1, -0.05) is 30.3 Å². The van der Waals surface area contributed by atoms with Gasteiger partial charge in [-0.15, -0.1) is 0 Å². The van der Waals surface area contributed by atoms with E-state index in [1.165, 1.54) is 6.42 Å². The molecule has 0 spiro atoms. The molecule has 0 aliphatic carbocycles. The molecule has 1 saturated heterocycles. The van der Waals surface area contributed by atoms with Crippen molar-refractivity contribution < 1.29 is 9.59 Å². The molecule has 1 N–H and O–H groups in total. The van der Waals surface area contributed by atoms with Crippen LogP contribution in [-0.2, 0) is 0 Å². The molecule has 0 atom stereocenters. The number of amides is 2. The van der Waals surface area contributed by atoms with Crippen LogP contribution in [0.2, 0.25) is 0 Å². The van der Waals surface area contributed by atoms with E-state index in [1.807, 2.05) is 79.4 Å². The van der Waals surface area contributed by atoms with Crippen LogP contribution >= 0.6 is 0 Å². The summed E-state index contributed by atoms with van der Waals surface area (Å²) in [6, 6.07) is 19.4. The van der Waals surface area contributed by atoms with Crippen LogP contribution in [0.5, 0.6) is 0 Å². The van der Waals surface area contributed by atoms with E-state index >= 15 is 0 Å². The van der Waals surface area contributed by atoms with Gasteiger partial charge in [0.25, 0.3) is 11.8 Å². The van der Waals surface area contributed by atoms with E-state index in [2.05, 4.69) is 10.2 Å². The second-order valence-electron chi connectivity index (χ2n) is 8.27. The molecular formula is C27H31N3O2. The van der Waals surface area contributed by atoms with Crippen LogP contribution in [-0.4, -0.2) is 42.9 Å². The van der Waals surface area contributed by atoms with Crippen molar-refractivity contribution in [3.63, 3.8) is 0 Å². The Labute approximate surface area is 190 Å². The average molecular weight is 430 g/mol. The minimum absolute atomic E-state index is 0.0115. The fraction of sp³-hybridized carbons (Fsp3) is 0.333. The van der Waals surface area contributed by atoms with E-state index in [1.54, 1.807) is 0 Å². The van der Waals surface area contributed by atoms with Gasteiger partial charge in [0.15, 0.2) is 0 Å². The fourth-order valence-electron chi connectivity index (χ4n) is 4.41. The van der Waals surface area contributed by atoms with Crippen molar-refractivity contribution in [1.29, 1.82) is 0 Å². The van der Waals surface area contributed by atoms with Gasteiger partial charge < -0.3 is 15.1 Å². The third kappa shape index (κ3) is 4.62. The highest BCUT2D eigenvalue weighted by Crippen LogP contribution is 2.29. The molecule has 0 radical (unpaired) electrons.